The molecule has 1 unspecified atom stereocenters. The topological polar surface area (TPSA) is 54.5 Å². The molecule has 1 saturated heterocycles. The standard InChI is InChI=1S/C13H17F2N3O2/c1-2-18-5-6-20-9(8-18)7-17-13(19)10-3-4-16-12(15)11(10)14/h3-4,9H,2,5-8H2,1H3,(H,17,19). The maximum atomic E-state index is 13.4. The number of nitrogens with zero attached hydrogens (tertiary/aromatic N) is 2. The lowest BCUT2D eigenvalue weighted by Crippen LogP contribution is -2.47. The molecule has 1 aromatic rings. The van der Waals surface area contributed by atoms with E-state index in [4.69, 9.17) is 4.74 Å². The molecule has 1 fully saturated rings. The van der Waals surface area contributed by atoms with Gasteiger partial charge in [0.2, 0.25) is 5.95 Å². The quantitative estimate of drug-likeness (QED) is 0.832. The zero-order valence-electron chi connectivity index (χ0n) is 11.2. The average Bonchev–Trinajstić information content (AvgIpc) is 2.48. The van der Waals surface area contributed by atoms with E-state index in [1.807, 2.05) is 0 Å². The van der Waals surface area contributed by atoms with Crippen LogP contribution in [0.4, 0.5) is 8.78 Å². The predicted molar refractivity (Wildman–Crippen MR) is 68.3 cm³/mol. The Hall–Kier alpha value is -1.60. The van der Waals surface area contributed by atoms with Crippen molar-refractivity contribution in [3.05, 3.63) is 29.6 Å². The Labute approximate surface area is 115 Å². The average molecular weight is 285 g/mol. The third-order valence-corrected chi connectivity index (χ3v) is 3.25. The number of ether oxygens (including phenoxy) is 1. The van der Waals surface area contributed by atoms with Crippen molar-refractivity contribution in [2.24, 2.45) is 0 Å². The first-order chi connectivity index (χ1) is 9.61. The van der Waals surface area contributed by atoms with Crippen LogP contribution in [0.3, 0.4) is 0 Å². The van der Waals surface area contributed by atoms with Gasteiger partial charge in [0.25, 0.3) is 5.91 Å². The lowest BCUT2D eigenvalue weighted by Gasteiger charge is -2.32. The van der Waals surface area contributed by atoms with Crippen molar-refractivity contribution in [3.63, 3.8) is 0 Å². The summed E-state index contributed by atoms with van der Waals surface area (Å²) in [5.41, 5.74) is -0.347. The molecule has 1 atom stereocenters. The van der Waals surface area contributed by atoms with Gasteiger partial charge in [0.1, 0.15) is 0 Å². The summed E-state index contributed by atoms with van der Waals surface area (Å²) in [6.07, 6.45) is 0.922. The van der Waals surface area contributed by atoms with Gasteiger partial charge < -0.3 is 10.1 Å². The minimum absolute atomic E-state index is 0.137. The first kappa shape index (κ1) is 14.8. The van der Waals surface area contributed by atoms with Gasteiger partial charge in [-0.2, -0.15) is 4.39 Å². The summed E-state index contributed by atoms with van der Waals surface area (Å²) in [6, 6.07) is 1.15. The van der Waals surface area contributed by atoms with Crippen molar-refractivity contribution in [3.8, 4) is 0 Å². The second-order valence-electron chi connectivity index (χ2n) is 4.56. The summed E-state index contributed by atoms with van der Waals surface area (Å²) in [4.78, 5) is 17.1. The third kappa shape index (κ3) is 3.49. The molecule has 0 bridgehead atoms. The lowest BCUT2D eigenvalue weighted by atomic mass is 10.2. The zero-order valence-corrected chi connectivity index (χ0v) is 11.2. The highest BCUT2D eigenvalue weighted by atomic mass is 19.2. The number of halogens is 2. The van der Waals surface area contributed by atoms with E-state index in [2.05, 4.69) is 22.1 Å². The maximum Gasteiger partial charge on any atom is 0.254 e. The number of hydrogen-bond donors (Lipinski definition) is 1. The van der Waals surface area contributed by atoms with Gasteiger partial charge in [0.15, 0.2) is 5.82 Å². The summed E-state index contributed by atoms with van der Waals surface area (Å²) >= 11 is 0. The highest BCUT2D eigenvalue weighted by molar-refractivity contribution is 5.94. The van der Waals surface area contributed by atoms with Gasteiger partial charge in [0.05, 0.1) is 18.3 Å². The van der Waals surface area contributed by atoms with Gasteiger partial charge in [-0.1, -0.05) is 6.92 Å². The zero-order chi connectivity index (χ0) is 14.5. The lowest BCUT2D eigenvalue weighted by molar-refractivity contribution is -0.0246. The van der Waals surface area contributed by atoms with Crippen LogP contribution in [0.25, 0.3) is 0 Å². The second kappa shape index (κ2) is 6.71. The molecule has 1 aliphatic heterocycles. The summed E-state index contributed by atoms with van der Waals surface area (Å²) in [6.45, 7) is 5.41. The smallest absolute Gasteiger partial charge is 0.254 e. The molecular formula is C13H17F2N3O2. The van der Waals surface area contributed by atoms with Crippen molar-refractivity contribution >= 4 is 5.91 Å². The summed E-state index contributed by atoms with van der Waals surface area (Å²) < 4.78 is 31.8. The molecule has 2 heterocycles. The number of aromatic nitrogens is 1. The molecule has 1 amide bonds. The Morgan fingerprint density at radius 2 is 2.40 bits per heavy atom. The van der Waals surface area contributed by atoms with Gasteiger partial charge in [-0.15, -0.1) is 0 Å². The number of likely N-dealkylation sites (N-methyl/N-ethyl adjacent to an activating group) is 1. The van der Waals surface area contributed by atoms with Crippen LogP contribution < -0.4 is 5.32 Å². The summed E-state index contributed by atoms with van der Waals surface area (Å²) in [5, 5.41) is 2.56. The van der Waals surface area contributed by atoms with Crippen LogP contribution in [0.15, 0.2) is 12.3 Å². The molecule has 5 nitrogen and oxygen atoms in total. The van der Waals surface area contributed by atoms with E-state index in [1.54, 1.807) is 0 Å². The number of morpholine rings is 1. The molecule has 0 radical (unpaired) electrons. The fourth-order valence-corrected chi connectivity index (χ4v) is 2.09. The summed E-state index contributed by atoms with van der Waals surface area (Å²) in [5.74, 6) is -3.17. The van der Waals surface area contributed by atoms with Crippen LogP contribution in [-0.4, -0.2) is 54.7 Å². The molecule has 0 aliphatic carbocycles. The number of amides is 1. The Kier molecular flexibility index (Phi) is 4.97. The minimum atomic E-state index is -1.27. The van der Waals surface area contributed by atoms with Crippen LogP contribution in [0.1, 0.15) is 17.3 Å². The van der Waals surface area contributed by atoms with E-state index < -0.39 is 17.7 Å². The highest BCUT2D eigenvalue weighted by Gasteiger charge is 2.21. The van der Waals surface area contributed by atoms with Gasteiger partial charge in [0, 0.05) is 25.8 Å². The molecule has 0 spiro atoms. The van der Waals surface area contributed by atoms with Crippen molar-refractivity contribution in [1.82, 2.24) is 15.2 Å². The Balaban J connectivity index is 1.90. The van der Waals surface area contributed by atoms with Crippen LogP contribution >= 0.6 is 0 Å². The first-order valence-electron chi connectivity index (χ1n) is 6.54. The molecule has 1 aromatic heterocycles. The Bertz CT molecular complexity index is 485. The van der Waals surface area contributed by atoms with Crippen LogP contribution in [0.5, 0.6) is 0 Å². The van der Waals surface area contributed by atoms with E-state index in [-0.39, 0.29) is 18.2 Å². The predicted octanol–water partition coefficient (Wildman–Crippen LogP) is 0.810. The first-order valence-corrected chi connectivity index (χ1v) is 6.54. The SMILES string of the molecule is CCN1CCOC(CNC(=O)c2ccnc(F)c2F)C1. The number of nitrogens with one attached hydrogen (secondary N) is 1. The van der Waals surface area contributed by atoms with E-state index in [1.165, 1.54) is 0 Å². The highest BCUT2D eigenvalue weighted by Crippen LogP contribution is 2.09. The molecular weight excluding hydrogens is 268 g/mol. The largest absolute Gasteiger partial charge is 0.374 e. The van der Waals surface area contributed by atoms with Crippen molar-refractivity contribution in [1.29, 1.82) is 0 Å². The van der Waals surface area contributed by atoms with Gasteiger partial charge in [-0.05, 0) is 12.6 Å². The van der Waals surface area contributed by atoms with Crippen LogP contribution in [-0.2, 0) is 4.74 Å². The Morgan fingerprint density at radius 1 is 1.60 bits per heavy atom. The second-order valence-corrected chi connectivity index (χ2v) is 4.56. The van der Waals surface area contributed by atoms with Gasteiger partial charge in [-0.25, -0.2) is 9.37 Å². The monoisotopic (exact) mass is 285 g/mol. The fourth-order valence-electron chi connectivity index (χ4n) is 2.09. The molecule has 20 heavy (non-hydrogen) atoms. The number of pyridine rings is 1. The Morgan fingerprint density at radius 3 is 3.15 bits per heavy atom. The molecule has 0 saturated carbocycles. The fraction of sp³-hybridized carbons (Fsp3) is 0.538. The maximum absolute atomic E-state index is 13.4. The van der Waals surface area contributed by atoms with E-state index in [0.29, 0.717) is 13.2 Å². The van der Waals surface area contributed by atoms with Crippen molar-refractivity contribution < 1.29 is 18.3 Å². The van der Waals surface area contributed by atoms with Crippen molar-refractivity contribution in [2.45, 2.75) is 13.0 Å². The number of hydrogen-bond acceptors (Lipinski definition) is 4. The molecule has 1 N–H and O–H groups in total. The molecule has 2 rings (SSSR count). The molecule has 110 valence electrons. The number of carbonyl (C=O) groups is 1. The van der Waals surface area contributed by atoms with Gasteiger partial charge in [-0.3, -0.25) is 9.69 Å². The van der Waals surface area contributed by atoms with Crippen molar-refractivity contribution in [2.75, 3.05) is 32.8 Å². The molecule has 7 heteroatoms. The van der Waals surface area contributed by atoms with E-state index >= 15 is 0 Å². The van der Waals surface area contributed by atoms with E-state index in [0.717, 1.165) is 25.4 Å². The van der Waals surface area contributed by atoms with Gasteiger partial charge >= 0.3 is 0 Å². The number of rotatable bonds is 4. The summed E-state index contributed by atoms with van der Waals surface area (Å²) in [7, 11) is 0. The van der Waals surface area contributed by atoms with Crippen LogP contribution in [0, 0.1) is 11.8 Å². The molecule has 1 aliphatic rings. The third-order valence-electron chi connectivity index (χ3n) is 3.25. The normalized spacial score (nSPS) is 19.9. The van der Waals surface area contributed by atoms with Crippen LogP contribution in [0.2, 0.25) is 0 Å². The number of carbonyl (C=O) groups excluding carboxylic acids is 1. The minimum Gasteiger partial charge on any atom is -0.374 e. The molecule has 0 aromatic carbocycles. The van der Waals surface area contributed by atoms with E-state index in [9.17, 15) is 13.6 Å².